The number of carbonyl (C=O) groups is 1. The monoisotopic (exact) mass is 506 g/mol. The van der Waals surface area contributed by atoms with Crippen LogP contribution in [0.15, 0.2) is 46.8 Å². The van der Waals surface area contributed by atoms with Crippen molar-refractivity contribution in [1.29, 1.82) is 0 Å². The summed E-state index contributed by atoms with van der Waals surface area (Å²) < 4.78 is 30.0. The topological polar surface area (TPSA) is 96.6 Å². The number of aldehydes is 1. The van der Waals surface area contributed by atoms with E-state index in [1.54, 1.807) is 35.7 Å². The number of hydrogen-bond acceptors (Lipinski definition) is 8. The summed E-state index contributed by atoms with van der Waals surface area (Å²) in [6.07, 6.45) is 2.50. The lowest BCUT2D eigenvalue weighted by Crippen LogP contribution is -2.54. The quantitative estimate of drug-likeness (QED) is 0.413. The molecule has 1 atom stereocenters. The molecule has 0 amide bonds. The molecule has 166 valence electrons. The van der Waals surface area contributed by atoms with Gasteiger partial charge in [-0.15, -0.1) is 22.7 Å². The predicted octanol–water partition coefficient (Wildman–Crippen LogP) is 3.82. The van der Waals surface area contributed by atoms with Crippen LogP contribution < -0.4 is 5.73 Å². The Kier molecular flexibility index (Phi) is 5.68. The highest BCUT2D eigenvalue weighted by Crippen LogP contribution is 2.34. The van der Waals surface area contributed by atoms with Gasteiger partial charge in [0.2, 0.25) is 0 Å². The van der Waals surface area contributed by atoms with Crippen molar-refractivity contribution in [2.24, 2.45) is 0 Å². The Bertz CT molecular complexity index is 1430. The van der Waals surface area contributed by atoms with Gasteiger partial charge >= 0.3 is 0 Å². The summed E-state index contributed by atoms with van der Waals surface area (Å²) in [5.41, 5.74) is 5.96. The first-order valence-corrected chi connectivity index (χ1v) is 13.3. The third-order valence-corrected chi connectivity index (χ3v) is 10.4. The first-order valence-electron chi connectivity index (χ1n) is 9.86. The number of carbonyl (C=O) groups excluding carboxylic acids is 1. The molecule has 0 bridgehead atoms. The molecule has 1 aromatic carbocycles. The molecule has 1 aliphatic rings. The Morgan fingerprint density at radius 1 is 1.16 bits per heavy atom. The van der Waals surface area contributed by atoms with Gasteiger partial charge < -0.3 is 10.5 Å². The summed E-state index contributed by atoms with van der Waals surface area (Å²) in [5.74, 6) is 0.492. The second-order valence-electron chi connectivity index (χ2n) is 7.61. The van der Waals surface area contributed by atoms with Crippen LogP contribution in [0.5, 0.6) is 0 Å². The normalized spacial score (nSPS) is 18.5. The molecule has 1 aliphatic heterocycles. The lowest BCUT2D eigenvalue weighted by molar-refractivity contribution is -0.114. The summed E-state index contributed by atoms with van der Waals surface area (Å²) in [4.78, 5) is 19.1. The fourth-order valence-corrected chi connectivity index (χ4v) is 8.28. The molecule has 1 fully saturated rings. The Morgan fingerprint density at radius 2 is 2.00 bits per heavy atom. The van der Waals surface area contributed by atoms with E-state index in [0.717, 1.165) is 31.3 Å². The predicted molar refractivity (Wildman–Crippen MR) is 130 cm³/mol. The van der Waals surface area contributed by atoms with E-state index < -0.39 is 16.1 Å². The largest absolute Gasteiger partial charge is 0.383 e. The van der Waals surface area contributed by atoms with Crippen molar-refractivity contribution < 1.29 is 13.2 Å². The highest BCUT2D eigenvalue weighted by molar-refractivity contribution is 7.91. The van der Waals surface area contributed by atoms with Gasteiger partial charge in [-0.3, -0.25) is 4.90 Å². The number of thiophene rings is 2. The molecular weight excluding hydrogens is 488 g/mol. The van der Waals surface area contributed by atoms with Gasteiger partial charge in [0, 0.05) is 47.0 Å². The zero-order valence-electron chi connectivity index (χ0n) is 16.8. The highest BCUT2D eigenvalue weighted by atomic mass is 35.5. The Hall–Kier alpha value is -2.08. The summed E-state index contributed by atoms with van der Waals surface area (Å²) >= 11 is 8.79. The number of nitrogens with two attached hydrogens (primary N) is 1. The number of halogens is 1. The lowest BCUT2D eigenvalue weighted by Gasteiger charge is -2.37. The van der Waals surface area contributed by atoms with Crippen LogP contribution in [0.3, 0.4) is 0 Å². The number of nitrogens with zero attached hydrogens (tertiary/aromatic N) is 3. The minimum absolute atomic E-state index is 0.120. The van der Waals surface area contributed by atoms with Crippen molar-refractivity contribution in [2.75, 3.05) is 25.4 Å². The second kappa shape index (κ2) is 8.36. The van der Waals surface area contributed by atoms with E-state index in [0.29, 0.717) is 30.5 Å². The number of piperazine rings is 1. The highest BCUT2D eigenvalue weighted by Gasteiger charge is 2.35. The van der Waals surface area contributed by atoms with Crippen LogP contribution in [0, 0.1) is 0 Å². The van der Waals surface area contributed by atoms with E-state index in [4.69, 9.17) is 17.3 Å². The van der Waals surface area contributed by atoms with Crippen LogP contribution in [0.25, 0.3) is 20.2 Å². The number of nitrogen functional groups attached to an aromatic ring is 1. The lowest BCUT2D eigenvalue weighted by atomic mass is 10.2. The van der Waals surface area contributed by atoms with Crippen LogP contribution in [0.1, 0.15) is 4.88 Å². The second-order valence-corrected chi connectivity index (χ2v) is 12.4. The standard InChI is InChI=1S/C21H19ClN4O3S3/c22-15-2-1-13-8-19(31-18(13)9-15)32(28,29)26-6-5-25(16(10-26)12-27)11-17-7-14-3-4-24-21(23)20(14)30-17/h1-4,7-9,12,16H,5-6,10-11H2,(H2,23,24). The number of rotatable bonds is 5. The molecule has 1 unspecified atom stereocenters. The Morgan fingerprint density at radius 3 is 2.78 bits per heavy atom. The fraction of sp³-hybridized carbons (Fsp3) is 0.238. The average molecular weight is 507 g/mol. The number of anilines is 1. The van der Waals surface area contributed by atoms with Gasteiger partial charge in [0.05, 0.1) is 10.7 Å². The summed E-state index contributed by atoms with van der Waals surface area (Å²) in [6.45, 7) is 1.45. The molecule has 2 N–H and O–H groups in total. The molecule has 0 spiro atoms. The van der Waals surface area contributed by atoms with E-state index in [2.05, 4.69) is 4.98 Å². The number of pyridine rings is 1. The molecule has 4 aromatic rings. The third-order valence-electron chi connectivity index (χ3n) is 5.58. The number of aromatic nitrogens is 1. The van der Waals surface area contributed by atoms with E-state index in [1.165, 1.54) is 15.6 Å². The van der Waals surface area contributed by atoms with Crippen LogP contribution in [-0.2, 0) is 21.4 Å². The van der Waals surface area contributed by atoms with Crippen LogP contribution >= 0.6 is 34.3 Å². The fourth-order valence-electron chi connectivity index (χ4n) is 3.92. The molecular formula is C21H19ClN4O3S3. The molecule has 0 saturated carbocycles. The molecule has 32 heavy (non-hydrogen) atoms. The van der Waals surface area contributed by atoms with Gasteiger partial charge in [0.15, 0.2) is 0 Å². The first kappa shape index (κ1) is 21.7. The average Bonchev–Trinajstić information content (AvgIpc) is 3.38. The van der Waals surface area contributed by atoms with E-state index in [9.17, 15) is 13.2 Å². The molecule has 4 heterocycles. The van der Waals surface area contributed by atoms with Gasteiger partial charge in [-0.2, -0.15) is 4.31 Å². The maximum Gasteiger partial charge on any atom is 0.252 e. The Labute approximate surface area is 198 Å². The third kappa shape index (κ3) is 3.91. The van der Waals surface area contributed by atoms with Gasteiger partial charge in [-0.1, -0.05) is 17.7 Å². The van der Waals surface area contributed by atoms with Crippen molar-refractivity contribution >= 4 is 76.6 Å². The summed E-state index contributed by atoms with van der Waals surface area (Å²) in [5, 5.41) is 2.42. The molecule has 7 nitrogen and oxygen atoms in total. The number of sulfonamides is 1. The molecule has 3 aromatic heterocycles. The molecule has 11 heteroatoms. The van der Waals surface area contributed by atoms with Crippen LogP contribution in [0.4, 0.5) is 5.82 Å². The molecule has 5 rings (SSSR count). The number of fused-ring (bicyclic) bond motifs is 2. The zero-order valence-corrected chi connectivity index (χ0v) is 20.0. The van der Waals surface area contributed by atoms with E-state index >= 15 is 0 Å². The molecule has 1 saturated heterocycles. The minimum atomic E-state index is -3.70. The number of benzene rings is 1. The van der Waals surface area contributed by atoms with Crippen molar-refractivity contribution in [2.45, 2.75) is 16.8 Å². The van der Waals surface area contributed by atoms with E-state index in [1.807, 2.05) is 23.1 Å². The molecule has 0 radical (unpaired) electrons. The minimum Gasteiger partial charge on any atom is -0.383 e. The van der Waals surface area contributed by atoms with Crippen molar-refractivity contribution in [1.82, 2.24) is 14.2 Å². The van der Waals surface area contributed by atoms with Crippen molar-refractivity contribution in [3.8, 4) is 0 Å². The summed E-state index contributed by atoms with van der Waals surface area (Å²) in [6, 6.07) is 10.4. The van der Waals surface area contributed by atoms with Crippen molar-refractivity contribution in [3.05, 3.63) is 52.5 Å². The van der Waals surface area contributed by atoms with Crippen LogP contribution in [0.2, 0.25) is 5.02 Å². The number of hydrogen-bond donors (Lipinski definition) is 1. The maximum absolute atomic E-state index is 13.3. The molecule has 0 aliphatic carbocycles. The Balaban J connectivity index is 1.36. The zero-order chi connectivity index (χ0) is 22.5. The van der Waals surface area contributed by atoms with Gasteiger partial charge in [-0.25, -0.2) is 13.4 Å². The smallest absolute Gasteiger partial charge is 0.252 e. The van der Waals surface area contributed by atoms with Gasteiger partial charge in [0.1, 0.15) is 16.3 Å². The first-order chi connectivity index (χ1) is 15.3. The maximum atomic E-state index is 13.3. The van der Waals surface area contributed by atoms with Gasteiger partial charge in [-0.05, 0) is 41.1 Å². The summed E-state index contributed by atoms with van der Waals surface area (Å²) in [7, 11) is -3.70. The SMILES string of the molecule is Nc1nccc2cc(CN3CCN(S(=O)(=O)c4cc5ccc(Cl)cc5s4)CC3C=O)sc12. The van der Waals surface area contributed by atoms with Crippen LogP contribution in [-0.4, -0.2) is 54.6 Å². The van der Waals surface area contributed by atoms with Crippen molar-refractivity contribution in [3.63, 3.8) is 0 Å². The van der Waals surface area contributed by atoms with E-state index in [-0.39, 0.29) is 10.8 Å². The van der Waals surface area contributed by atoms with Gasteiger partial charge in [0.25, 0.3) is 10.0 Å².